The lowest BCUT2D eigenvalue weighted by Gasteiger charge is -2.08. The van der Waals surface area contributed by atoms with Crippen LogP contribution >= 0.6 is 11.6 Å². The van der Waals surface area contributed by atoms with E-state index in [-0.39, 0.29) is 28.7 Å². The maximum absolute atomic E-state index is 13.4. The lowest BCUT2D eigenvalue weighted by atomic mass is 10.2. The first-order valence-electron chi connectivity index (χ1n) is 5.62. The number of anilines is 1. The molecular weight excluding hydrogens is 287 g/mol. The first-order valence-corrected chi connectivity index (χ1v) is 6.00. The van der Waals surface area contributed by atoms with E-state index >= 15 is 0 Å². The highest BCUT2D eigenvalue weighted by atomic mass is 35.5. The Bertz CT molecular complexity index is 647. The Kier molecular flexibility index (Phi) is 4.05. The van der Waals surface area contributed by atoms with Crippen molar-refractivity contribution in [3.63, 3.8) is 0 Å². The molecule has 0 bridgehead atoms. The van der Waals surface area contributed by atoms with Crippen molar-refractivity contribution < 1.29 is 14.4 Å². The lowest BCUT2D eigenvalue weighted by molar-refractivity contribution is -0.384. The summed E-state index contributed by atoms with van der Waals surface area (Å²) in [5.74, 6) is -0.609. The average molecular weight is 297 g/mol. The molecule has 0 saturated heterocycles. The average Bonchev–Trinajstić information content (AvgIpc) is 2.41. The number of aromatic hydroxyl groups is 1. The molecule has 0 spiro atoms. The first-order chi connectivity index (χ1) is 9.47. The van der Waals surface area contributed by atoms with E-state index in [9.17, 15) is 14.5 Å². The van der Waals surface area contributed by atoms with Crippen molar-refractivity contribution in [2.75, 3.05) is 5.32 Å². The Balaban J connectivity index is 2.22. The van der Waals surface area contributed by atoms with Gasteiger partial charge in [-0.2, -0.15) is 0 Å². The van der Waals surface area contributed by atoms with Crippen molar-refractivity contribution in [2.45, 2.75) is 6.54 Å². The predicted molar refractivity (Wildman–Crippen MR) is 73.5 cm³/mol. The normalized spacial score (nSPS) is 10.3. The molecule has 2 aromatic carbocycles. The molecule has 0 unspecified atom stereocenters. The van der Waals surface area contributed by atoms with Crippen molar-refractivity contribution in [3.8, 4) is 5.75 Å². The number of phenolic OH excluding ortho intramolecular Hbond substituents is 1. The van der Waals surface area contributed by atoms with Gasteiger partial charge in [-0.3, -0.25) is 10.1 Å². The quantitative estimate of drug-likeness (QED) is 0.666. The SMILES string of the molecule is O=[N+]([O-])c1cc(Cl)c(F)cc1NCc1ccc(O)cc1. The van der Waals surface area contributed by atoms with Crippen LogP contribution in [-0.2, 0) is 6.54 Å². The second kappa shape index (κ2) is 5.75. The molecule has 0 aliphatic carbocycles. The van der Waals surface area contributed by atoms with Gasteiger partial charge in [-0.25, -0.2) is 4.39 Å². The molecule has 0 aliphatic rings. The van der Waals surface area contributed by atoms with E-state index in [1.165, 1.54) is 12.1 Å². The van der Waals surface area contributed by atoms with E-state index in [1.54, 1.807) is 12.1 Å². The second-order valence-corrected chi connectivity index (χ2v) is 4.47. The lowest BCUT2D eigenvalue weighted by Crippen LogP contribution is -2.03. The summed E-state index contributed by atoms with van der Waals surface area (Å²) in [5.41, 5.74) is 0.535. The summed E-state index contributed by atoms with van der Waals surface area (Å²) >= 11 is 5.53. The van der Waals surface area contributed by atoms with Crippen molar-refractivity contribution in [3.05, 3.63) is 62.9 Å². The molecule has 0 aliphatic heterocycles. The van der Waals surface area contributed by atoms with Gasteiger partial charge in [0.15, 0.2) is 0 Å². The standard InChI is InChI=1S/C13H10ClFN2O3/c14-10-5-13(17(19)20)12(6-11(10)15)16-7-8-1-3-9(18)4-2-8/h1-6,16,18H,7H2. The van der Waals surface area contributed by atoms with Gasteiger partial charge in [-0.1, -0.05) is 23.7 Å². The maximum atomic E-state index is 13.4. The van der Waals surface area contributed by atoms with E-state index in [1.807, 2.05) is 0 Å². The largest absolute Gasteiger partial charge is 0.508 e. The van der Waals surface area contributed by atoms with Crippen molar-refractivity contribution >= 4 is 23.0 Å². The van der Waals surface area contributed by atoms with Gasteiger partial charge in [0, 0.05) is 18.7 Å². The van der Waals surface area contributed by atoms with E-state index in [0.717, 1.165) is 17.7 Å². The zero-order chi connectivity index (χ0) is 14.7. The molecule has 2 rings (SSSR count). The number of halogens is 2. The van der Waals surface area contributed by atoms with Crippen LogP contribution in [0.5, 0.6) is 5.75 Å². The number of nitrogens with one attached hydrogen (secondary N) is 1. The predicted octanol–water partition coefficient (Wildman–Crippen LogP) is 3.71. The van der Waals surface area contributed by atoms with Crippen LogP contribution in [-0.4, -0.2) is 10.0 Å². The summed E-state index contributed by atoms with van der Waals surface area (Å²) in [4.78, 5) is 10.3. The van der Waals surface area contributed by atoms with Crippen LogP contribution in [0, 0.1) is 15.9 Å². The Morgan fingerprint density at radius 3 is 2.55 bits per heavy atom. The molecular formula is C13H10ClFN2O3. The molecule has 104 valence electrons. The van der Waals surface area contributed by atoms with Gasteiger partial charge in [0.2, 0.25) is 0 Å². The summed E-state index contributed by atoms with van der Waals surface area (Å²) in [6.07, 6.45) is 0. The minimum atomic E-state index is -0.731. The topological polar surface area (TPSA) is 75.4 Å². The number of nitro groups is 1. The molecule has 2 N–H and O–H groups in total. The summed E-state index contributed by atoms with van der Waals surface area (Å²) in [5, 5.41) is 22.5. The van der Waals surface area contributed by atoms with E-state index in [2.05, 4.69) is 5.32 Å². The van der Waals surface area contributed by atoms with Gasteiger partial charge in [-0.15, -0.1) is 0 Å². The molecule has 7 heteroatoms. The van der Waals surface area contributed by atoms with Crippen LogP contribution < -0.4 is 5.32 Å². The van der Waals surface area contributed by atoms with Gasteiger partial charge < -0.3 is 10.4 Å². The number of hydrogen-bond donors (Lipinski definition) is 2. The van der Waals surface area contributed by atoms with Crippen molar-refractivity contribution in [2.24, 2.45) is 0 Å². The van der Waals surface area contributed by atoms with Crippen molar-refractivity contribution in [1.29, 1.82) is 0 Å². The monoisotopic (exact) mass is 296 g/mol. The highest BCUT2D eigenvalue weighted by molar-refractivity contribution is 6.31. The Labute approximate surface area is 118 Å². The molecule has 20 heavy (non-hydrogen) atoms. The molecule has 0 atom stereocenters. The zero-order valence-corrected chi connectivity index (χ0v) is 10.9. The van der Waals surface area contributed by atoms with E-state index in [0.29, 0.717) is 0 Å². The van der Waals surface area contributed by atoms with Crippen LogP contribution in [0.15, 0.2) is 36.4 Å². The number of hydrogen-bond acceptors (Lipinski definition) is 4. The Morgan fingerprint density at radius 2 is 1.95 bits per heavy atom. The van der Waals surface area contributed by atoms with Gasteiger partial charge in [-0.05, 0) is 17.7 Å². The molecule has 5 nitrogen and oxygen atoms in total. The van der Waals surface area contributed by atoms with Crippen LogP contribution in [0.2, 0.25) is 5.02 Å². The van der Waals surface area contributed by atoms with Crippen LogP contribution in [0.1, 0.15) is 5.56 Å². The zero-order valence-electron chi connectivity index (χ0n) is 10.1. The third kappa shape index (κ3) is 3.16. The Hall–Kier alpha value is -2.34. The van der Waals surface area contributed by atoms with Gasteiger partial charge >= 0.3 is 0 Å². The summed E-state index contributed by atoms with van der Waals surface area (Å²) in [6, 6.07) is 8.25. The summed E-state index contributed by atoms with van der Waals surface area (Å²) in [6.45, 7) is 0.252. The first kappa shape index (κ1) is 14.1. The molecule has 0 saturated carbocycles. The molecule has 0 radical (unpaired) electrons. The van der Waals surface area contributed by atoms with Gasteiger partial charge in [0.1, 0.15) is 17.3 Å². The maximum Gasteiger partial charge on any atom is 0.294 e. The fraction of sp³-hybridized carbons (Fsp3) is 0.0769. The van der Waals surface area contributed by atoms with Crippen LogP contribution in [0.25, 0.3) is 0 Å². The number of nitro benzene ring substituents is 1. The number of nitrogens with zero attached hydrogens (tertiary/aromatic N) is 1. The van der Waals surface area contributed by atoms with Crippen molar-refractivity contribution in [1.82, 2.24) is 0 Å². The highest BCUT2D eigenvalue weighted by Gasteiger charge is 2.17. The highest BCUT2D eigenvalue weighted by Crippen LogP contribution is 2.30. The minimum Gasteiger partial charge on any atom is -0.508 e. The van der Waals surface area contributed by atoms with E-state index < -0.39 is 10.7 Å². The van der Waals surface area contributed by atoms with Crippen LogP contribution in [0.3, 0.4) is 0 Å². The molecule has 2 aromatic rings. The molecule has 0 fully saturated rings. The third-order valence-corrected chi connectivity index (χ3v) is 2.94. The van der Waals surface area contributed by atoms with E-state index in [4.69, 9.17) is 16.7 Å². The number of benzene rings is 2. The van der Waals surface area contributed by atoms with Crippen LogP contribution in [0.4, 0.5) is 15.8 Å². The molecule has 0 amide bonds. The fourth-order valence-corrected chi connectivity index (χ4v) is 1.80. The summed E-state index contributed by atoms with van der Waals surface area (Å²) < 4.78 is 13.4. The number of rotatable bonds is 4. The molecule has 0 aromatic heterocycles. The summed E-state index contributed by atoms with van der Waals surface area (Å²) in [7, 11) is 0. The second-order valence-electron chi connectivity index (χ2n) is 4.06. The fourth-order valence-electron chi connectivity index (χ4n) is 1.64. The third-order valence-electron chi connectivity index (χ3n) is 2.65. The van der Waals surface area contributed by atoms with Gasteiger partial charge in [0.25, 0.3) is 5.69 Å². The van der Waals surface area contributed by atoms with Gasteiger partial charge in [0.05, 0.1) is 9.95 Å². The smallest absolute Gasteiger partial charge is 0.294 e. The number of phenols is 1. The molecule has 0 heterocycles. The Morgan fingerprint density at radius 1 is 1.30 bits per heavy atom. The minimum absolute atomic E-state index is 0.0463.